The van der Waals surface area contributed by atoms with Crippen LogP contribution in [0.25, 0.3) is 0 Å². The summed E-state index contributed by atoms with van der Waals surface area (Å²) >= 11 is 1.62. The Morgan fingerprint density at radius 1 is 1.61 bits per heavy atom. The summed E-state index contributed by atoms with van der Waals surface area (Å²) in [5.74, 6) is 0.0830. The lowest BCUT2D eigenvalue weighted by Gasteiger charge is -2.15. The van der Waals surface area contributed by atoms with Crippen LogP contribution in [0.5, 0.6) is 0 Å². The summed E-state index contributed by atoms with van der Waals surface area (Å²) in [5, 5.41) is 17.2. The first-order valence-electron chi connectivity index (χ1n) is 6.17. The molecular weight excluding hydrogens is 246 g/mol. The maximum atomic E-state index is 11.1. The van der Waals surface area contributed by atoms with Gasteiger partial charge in [-0.25, -0.2) is 0 Å². The molecule has 1 aromatic rings. The van der Waals surface area contributed by atoms with Gasteiger partial charge in [-0.2, -0.15) is 5.26 Å². The summed E-state index contributed by atoms with van der Waals surface area (Å²) in [4.78, 5) is 12.2. The van der Waals surface area contributed by atoms with Gasteiger partial charge in [-0.15, -0.1) is 11.3 Å². The van der Waals surface area contributed by atoms with Gasteiger partial charge in [0.15, 0.2) is 0 Å². The minimum absolute atomic E-state index is 0.0505. The van der Waals surface area contributed by atoms with Crippen LogP contribution in [0.2, 0.25) is 0 Å². The summed E-state index contributed by atoms with van der Waals surface area (Å²) in [7, 11) is 0. The number of carbonyl (C=O) groups is 1. The number of nitriles is 1. The van der Waals surface area contributed by atoms with Crippen molar-refractivity contribution < 1.29 is 4.79 Å². The maximum Gasteiger partial charge on any atom is 0.221 e. The molecule has 2 N–H and O–H groups in total. The Labute approximate surface area is 111 Å². The van der Waals surface area contributed by atoms with Crippen molar-refractivity contribution in [3.8, 4) is 6.07 Å². The van der Waals surface area contributed by atoms with E-state index in [1.807, 2.05) is 11.4 Å². The lowest BCUT2D eigenvalue weighted by molar-refractivity contribution is -0.114. The van der Waals surface area contributed by atoms with Crippen molar-refractivity contribution in [1.29, 1.82) is 5.26 Å². The summed E-state index contributed by atoms with van der Waals surface area (Å²) < 4.78 is 0. The van der Waals surface area contributed by atoms with Crippen molar-refractivity contribution >= 4 is 22.9 Å². The molecule has 0 aromatic carbocycles. The summed E-state index contributed by atoms with van der Waals surface area (Å²) in [6.07, 6.45) is 3.19. The van der Waals surface area contributed by atoms with Crippen molar-refractivity contribution in [1.82, 2.24) is 5.32 Å². The number of hydrogen-bond donors (Lipinski definition) is 2. The van der Waals surface area contributed by atoms with Gasteiger partial charge < -0.3 is 10.6 Å². The van der Waals surface area contributed by atoms with Gasteiger partial charge in [-0.05, 0) is 24.3 Å². The van der Waals surface area contributed by atoms with Crippen LogP contribution in [0, 0.1) is 17.2 Å². The van der Waals surface area contributed by atoms with Gasteiger partial charge in [0, 0.05) is 24.4 Å². The van der Waals surface area contributed by atoms with E-state index >= 15 is 0 Å². The Balaban J connectivity index is 1.92. The molecule has 1 aromatic heterocycles. The van der Waals surface area contributed by atoms with Crippen LogP contribution in [0.4, 0.5) is 5.69 Å². The monoisotopic (exact) mass is 263 g/mol. The Hall–Kier alpha value is -1.38. The SMILES string of the molecule is CC(=O)Nc1ccsc1CNC1CCCC1C#N. The van der Waals surface area contributed by atoms with Gasteiger partial charge in [0.05, 0.1) is 17.7 Å². The lowest BCUT2D eigenvalue weighted by Crippen LogP contribution is -2.31. The highest BCUT2D eigenvalue weighted by atomic mass is 32.1. The number of thiophene rings is 1. The number of amides is 1. The predicted molar refractivity (Wildman–Crippen MR) is 72.2 cm³/mol. The number of nitrogens with one attached hydrogen (secondary N) is 2. The summed E-state index contributed by atoms with van der Waals surface area (Å²) in [6, 6.07) is 4.57. The molecule has 0 bridgehead atoms. The molecule has 1 aliphatic rings. The van der Waals surface area contributed by atoms with Gasteiger partial charge in [-0.3, -0.25) is 4.79 Å². The zero-order chi connectivity index (χ0) is 13.0. The minimum Gasteiger partial charge on any atom is -0.325 e. The standard InChI is InChI=1S/C13H17N3OS/c1-9(17)16-12-5-6-18-13(12)8-15-11-4-2-3-10(11)7-14/h5-6,10-11,15H,2-4,8H2,1H3,(H,16,17). The van der Waals surface area contributed by atoms with Crippen molar-refractivity contribution in [2.45, 2.75) is 38.8 Å². The van der Waals surface area contributed by atoms with Gasteiger partial charge in [-0.1, -0.05) is 6.42 Å². The molecule has 0 radical (unpaired) electrons. The van der Waals surface area contributed by atoms with E-state index in [2.05, 4.69) is 16.7 Å². The van der Waals surface area contributed by atoms with Crippen LogP contribution in [0.3, 0.4) is 0 Å². The second-order valence-electron chi connectivity index (χ2n) is 4.59. The Morgan fingerprint density at radius 3 is 3.17 bits per heavy atom. The highest BCUT2D eigenvalue weighted by molar-refractivity contribution is 7.10. The molecule has 1 heterocycles. The fourth-order valence-corrected chi connectivity index (χ4v) is 3.14. The number of rotatable bonds is 4. The van der Waals surface area contributed by atoms with E-state index in [1.54, 1.807) is 11.3 Å². The van der Waals surface area contributed by atoms with Gasteiger partial charge in [0.2, 0.25) is 5.91 Å². The first kappa shape index (κ1) is 13.1. The van der Waals surface area contributed by atoms with Crippen LogP contribution < -0.4 is 10.6 Å². The molecule has 5 heteroatoms. The molecule has 2 unspecified atom stereocenters. The van der Waals surface area contributed by atoms with Crippen LogP contribution in [0.1, 0.15) is 31.1 Å². The molecule has 1 amide bonds. The normalized spacial score (nSPS) is 22.7. The Morgan fingerprint density at radius 2 is 2.44 bits per heavy atom. The highest BCUT2D eigenvalue weighted by Crippen LogP contribution is 2.27. The average molecular weight is 263 g/mol. The van der Waals surface area contributed by atoms with E-state index in [0.717, 1.165) is 36.4 Å². The van der Waals surface area contributed by atoms with E-state index in [-0.39, 0.29) is 11.8 Å². The second kappa shape index (κ2) is 5.98. The van der Waals surface area contributed by atoms with Crippen LogP contribution in [-0.2, 0) is 11.3 Å². The summed E-state index contributed by atoms with van der Waals surface area (Å²) in [6.45, 7) is 2.23. The predicted octanol–water partition coefficient (Wildman–Crippen LogP) is 2.49. The largest absolute Gasteiger partial charge is 0.325 e. The molecular formula is C13H17N3OS. The quantitative estimate of drug-likeness (QED) is 0.877. The van der Waals surface area contributed by atoms with E-state index < -0.39 is 0 Å². The van der Waals surface area contributed by atoms with E-state index in [9.17, 15) is 4.79 Å². The van der Waals surface area contributed by atoms with Crippen LogP contribution in [0.15, 0.2) is 11.4 Å². The first-order valence-corrected chi connectivity index (χ1v) is 7.05. The number of carbonyl (C=O) groups excluding carboxylic acids is 1. The lowest BCUT2D eigenvalue weighted by atomic mass is 10.1. The smallest absolute Gasteiger partial charge is 0.221 e. The highest BCUT2D eigenvalue weighted by Gasteiger charge is 2.26. The zero-order valence-corrected chi connectivity index (χ0v) is 11.2. The van der Waals surface area contributed by atoms with E-state index in [0.29, 0.717) is 6.04 Å². The molecule has 2 rings (SSSR count). The van der Waals surface area contributed by atoms with E-state index in [1.165, 1.54) is 6.92 Å². The average Bonchev–Trinajstić information content (AvgIpc) is 2.94. The fraction of sp³-hybridized carbons (Fsp3) is 0.538. The molecule has 0 saturated heterocycles. The zero-order valence-electron chi connectivity index (χ0n) is 10.4. The first-order chi connectivity index (χ1) is 8.70. The molecule has 4 nitrogen and oxygen atoms in total. The second-order valence-corrected chi connectivity index (χ2v) is 5.59. The van der Waals surface area contributed by atoms with Gasteiger partial charge in [0.25, 0.3) is 0 Å². The van der Waals surface area contributed by atoms with Crippen molar-refractivity contribution in [3.63, 3.8) is 0 Å². The molecule has 1 aliphatic carbocycles. The third-order valence-electron chi connectivity index (χ3n) is 3.26. The Kier molecular flexibility index (Phi) is 4.34. The Bertz CT molecular complexity index is 463. The van der Waals surface area contributed by atoms with Gasteiger partial charge in [0.1, 0.15) is 0 Å². The molecule has 96 valence electrons. The van der Waals surface area contributed by atoms with Crippen LogP contribution >= 0.6 is 11.3 Å². The van der Waals surface area contributed by atoms with Crippen molar-refractivity contribution in [2.75, 3.05) is 5.32 Å². The molecule has 0 spiro atoms. The maximum absolute atomic E-state index is 11.1. The van der Waals surface area contributed by atoms with E-state index in [4.69, 9.17) is 5.26 Å². The molecule has 2 atom stereocenters. The third-order valence-corrected chi connectivity index (χ3v) is 4.18. The topological polar surface area (TPSA) is 64.9 Å². The molecule has 1 fully saturated rings. The number of hydrogen-bond acceptors (Lipinski definition) is 4. The fourth-order valence-electron chi connectivity index (χ4n) is 2.36. The third kappa shape index (κ3) is 3.09. The van der Waals surface area contributed by atoms with Crippen molar-refractivity contribution in [3.05, 3.63) is 16.3 Å². The molecule has 1 saturated carbocycles. The summed E-state index contributed by atoms with van der Waals surface area (Å²) in [5.41, 5.74) is 0.881. The van der Waals surface area contributed by atoms with Gasteiger partial charge >= 0.3 is 0 Å². The van der Waals surface area contributed by atoms with Crippen molar-refractivity contribution in [2.24, 2.45) is 5.92 Å². The van der Waals surface area contributed by atoms with Crippen LogP contribution in [-0.4, -0.2) is 11.9 Å². The number of nitrogens with zero attached hydrogens (tertiary/aromatic N) is 1. The molecule has 0 aliphatic heterocycles. The minimum atomic E-state index is -0.0505. The molecule has 18 heavy (non-hydrogen) atoms. The number of anilines is 1.